The lowest BCUT2D eigenvalue weighted by Crippen LogP contribution is -2.43. The van der Waals surface area contributed by atoms with Crippen molar-refractivity contribution in [1.82, 2.24) is 24.5 Å². The molecule has 1 aromatic carbocycles. The summed E-state index contributed by atoms with van der Waals surface area (Å²) in [6.45, 7) is 1.83. The molecule has 2 fully saturated rings. The number of carbonyl (C=O) groups is 1. The van der Waals surface area contributed by atoms with Gasteiger partial charge in [-0.1, -0.05) is 12.8 Å². The summed E-state index contributed by atoms with van der Waals surface area (Å²) in [5.74, 6) is 3.70. The number of benzene rings is 1. The molecule has 13 heteroatoms. The minimum absolute atomic E-state index is 0.0167. The van der Waals surface area contributed by atoms with Crippen molar-refractivity contribution >= 4 is 33.1 Å². The van der Waals surface area contributed by atoms with Crippen molar-refractivity contribution in [3.63, 3.8) is 0 Å². The van der Waals surface area contributed by atoms with E-state index in [1.54, 1.807) is 35.8 Å². The molecule has 3 atom stereocenters. The number of methoxy groups -OCH3 is 1. The number of likely N-dealkylation sites (tertiary alicyclic amines) is 1. The Balaban J connectivity index is 1.56. The quantitative estimate of drug-likeness (QED) is 0.407. The highest BCUT2D eigenvalue weighted by Gasteiger charge is 2.38. The van der Waals surface area contributed by atoms with Crippen LogP contribution in [-0.2, 0) is 22.3 Å². The van der Waals surface area contributed by atoms with Crippen LogP contribution < -0.4 is 15.4 Å². The number of carbonyl (C=O) groups excluding carboxylic acids is 1. The number of nitrogens with zero attached hydrogens (tertiary/aromatic N) is 4. The molecule has 2 aromatic rings. The predicted molar refractivity (Wildman–Crippen MR) is 160 cm³/mol. The van der Waals surface area contributed by atoms with Crippen LogP contribution in [-0.4, -0.2) is 87.8 Å². The number of rotatable bonds is 9. The molecule has 1 saturated heterocycles. The van der Waals surface area contributed by atoms with Gasteiger partial charge in [-0.15, -0.1) is 0 Å². The van der Waals surface area contributed by atoms with Crippen molar-refractivity contribution in [3.8, 4) is 5.75 Å². The number of halogens is 3. The highest BCUT2D eigenvalue weighted by molar-refractivity contribution is 7.97. The number of piperidine rings is 1. The first kappa shape index (κ1) is 32.0. The largest absolute Gasteiger partial charge is 0.495 e. The van der Waals surface area contributed by atoms with Crippen LogP contribution in [0.4, 0.5) is 24.8 Å². The van der Waals surface area contributed by atoms with Crippen molar-refractivity contribution in [2.45, 2.75) is 63.2 Å². The molecule has 1 aliphatic heterocycles. The number of alkyl halides is 3. The molecule has 232 valence electrons. The maximum atomic E-state index is 14.0. The van der Waals surface area contributed by atoms with Crippen LogP contribution in [0.5, 0.6) is 5.75 Å². The van der Waals surface area contributed by atoms with Crippen LogP contribution in [0.15, 0.2) is 24.4 Å². The molecule has 2 heterocycles. The summed E-state index contributed by atoms with van der Waals surface area (Å²) in [4.78, 5) is 23.4. The number of nitrogens with one attached hydrogen (secondary N) is 2. The van der Waals surface area contributed by atoms with Crippen LogP contribution in [0.25, 0.3) is 0 Å². The second kappa shape index (κ2) is 13.2. The number of hydrogen-bond donors (Lipinski definition) is 2. The summed E-state index contributed by atoms with van der Waals surface area (Å²) in [6, 6.07) is 4.76. The van der Waals surface area contributed by atoms with Gasteiger partial charge in [0.2, 0.25) is 5.95 Å². The summed E-state index contributed by atoms with van der Waals surface area (Å²) >= 11 is 0. The molecule has 1 aliphatic carbocycles. The lowest BCUT2D eigenvalue weighted by molar-refractivity contribution is -0.138. The van der Waals surface area contributed by atoms with E-state index in [-0.39, 0.29) is 42.0 Å². The number of aromatic nitrogens is 2. The second-order valence-electron chi connectivity index (χ2n) is 11.5. The Bertz CT molecular complexity index is 1360. The topological polar surface area (TPSA) is 99.7 Å². The highest BCUT2D eigenvalue weighted by atomic mass is 32.2. The van der Waals surface area contributed by atoms with Gasteiger partial charge in [-0.3, -0.25) is 9.00 Å². The average Bonchev–Trinajstić information content (AvgIpc) is 2.93. The summed E-state index contributed by atoms with van der Waals surface area (Å²) in [6.07, 6.45) is 2.74. The van der Waals surface area contributed by atoms with E-state index in [0.717, 1.165) is 51.4 Å². The third-order valence-electron chi connectivity index (χ3n) is 8.34. The first-order valence-corrected chi connectivity index (χ1v) is 16.3. The standard InChI is InChI=1S/C29H41F3N6O3S/c1-37-14-12-21(13-15-37)34-27(39)20-10-11-23(26(17-20)41-3)35-28-33-18-22(29(30,31)32)24(36-28)16-19-8-6-7-9-25(19)38(2)42(4,5)40/h10-11,17-19,21,25H,4,6-9,12-16H2,1-3,5H3,(H,34,39)(H,33,35,36)/t19-,25+,42?/m0/s1. The van der Waals surface area contributed by atoms with Crippen molar-refractivity contribution in [3.05, 3.63) is 41.2 Å². The molecule has 1 aromatic heterocycles. The molecule has 9 nitrogen and oxygen atoms in total. The fourth-order valence-corrected chi connectivity index (χ4v) is 6.64. The fraction of sp³-hybridized carbons (Fsp3) is 0.586. The lowest BCUT2D eigenvalue weighted by Gasteiger charge is -2.38. The molecule has 0 spiro atoms. The second-order valence-corrected chi connectivity index (χ2v) is 14.0. The third-order valence-corrected chi connectivity index (χ3v) is 9.83. The third kappa shape index (κ3) is 7.93. The van der Waals surface area contributed by atoms with Crippen molar-refractivity contribution in [2.24, 2.45) is 5.92 Å². The average molecular weight is 611 g/mol. The van der Waals surface area contributed by atoms with E-state index < -0.39 is 21.4 Å². The summed E-state index contributed by atoms with van der Waals surface area (Å²) in [5, 5.41) is 6.04. The Hall–Kier alpha value is -2.90. The van der Waals surface area contributed by atoms with Gasteiger partial charge < -0.3 is 20.3 Å². The molecule has 0 radical (unpaired) electrons. The Morgan fingerprint density at radius 1 is 1.21 bits per heavy atom. The zero-order valence-corrected chi connectivity index (χ0v) is 25.5. The maximum Gasteiger partial charge on any atom is 0.419 e. The van der Waals surface area contributed by atoms with Gasteiger partial charge in [-0.25, -0.2) is 14.3 Å². The molecule has 42 heavy (non-hydrogen) atoms. The van der Waals surface area contributed by atoms with Gasteiger partial charge in [0.1, 0.15) is 5.75 Å². The monoisotopic (exact) mass is 610 g/mol. The van der Waals surface area contributed by atoms with Crippen molar-refractivity contribution in [2.75, 3.05) is 45.9 Å². The Morgan fingerprint density at radius 2 is 1.90 bits per heavy atom. The normalized spacial score (nSPS) is 22.0. The lowest BCUT2D eigenvalue weighted by atomic mass is 9.81. The Kier molecular flexibility index (Phi) is 10.0. The van der Waals surface area contributed by atoms with E-state index in [1.165, 1.54) is 7.11 Å². The molecule has 1 saturated carbocycles. The van der Waals surface area contributed by atoms with Gasteiger partial charge in [-0.2, -0.15) is 13.2 Å². The molecule has 1 amide bonds. The summed E-state index contributed by atoms with van der Waals surface area (Å²) < 4.78 is 61.9. The van der Waals surface area contributed by atoms with Crippen LogP contribution >= 0.6 is 0 Å². The predicted octanol–water partition coefficient (Wildman–Crippen LogP) is 4.37. The molecule has 1 unspecified atom stereocenters. The van der Waals surface area contributed by atoms with E-state index in [1.807, 2.05) is 0 Å². The van der Waals surface area contributed by atoms with Crippen molar-refractivity contribution < 1.29 is 26.9 Å². The molecule has 0 bridgehead atoms. The molecular weight excluding hydrogens is 569 g/mol. The summed E-state index contributed by atoms with van der Waals surface area (Å²) in [7, 11) is 2.70. The minimum Gasteiger partial charge on any atom is -0.495 e. The van der Waals surface area contributed by atoms with Crippen LogP contribution in [0.1, 0.15) is 60.1 Å². The fourth-order valence-electron chi connectivity index (χ4n) is 5.79. The Morgan fingerprint density at radius 3 is 2.55 bits per heavy atom. The van der Waals surface area contributed by atoms with E-state index in [0.29, 0.717) is 23.4 Å². The van der Waals surface area contributed by atoms with Crippen LogP contribution in [0, 0.1) is 5.92 Å². The van der Waals surface area contributed by atoms with Gasteiger partial charge in [0.25, 0.3) is 5.91 Å². The van der Waals surface area contributed by atoms with E-state index in [9.17, 15) is 22.2 Å². The van der Waals surface area contributed by atoms with Gasteiger partial charge >= 0.3 is 6.18 Å². The van der Waals surface area contributed by atoms with Gasteiger partial charge in [0.05, 0.1) is 24.1 Å². The van der Waals surface area contributed by atoms with Crippen LogP contribution in [0.3, 0.4) is 0 Å². The van der Waals surface area contributed by atoms with Gasteiger partial charge in [-0.05, 0) is 89.3 Å². The maximum absolute atomic E-state index is 14.0. The van der Waals surface area contributed by atoms with Gasteiger partial charge in [0, 0.05) is 39.8 Å². The SMILES string of the molecule is C=S(C)(=O)N(C)[C@@H]1CCCC[C@H]1Cc1nc(Nc2ccc(C(=O)NC3CCN(C)CC3)cc2OC)ncc1C(F)(F)F. The van der Waals surface area contributed by atoms with Gasteiger partial charge in [0.15, 0.2) is 0 Å². The minimum atomic E-state index is -4.63. The first-order chi connectivity index (χ1) is 19.8. The number of hydrogen-bond acceptors (Lipinski definition) is 7. The number of amides is 1. The zero-order valence-electron chi connectivity index (χ0n) is 24.7. The van der Waals surface area contributed by atoms with Crippen molar-refractivity contribution in [1.29, 1.82) is 0 Å². The molecular formula is C29H41F3N6O3S. The molecule has 4 rings (SSSR count). The number of anilines is 2. The number of ether oxygens (including phenoxy) is 1. The zero-order chi connectivity index (χ0) is 30.7. The van der Waals surface area contributed by atoms with E-state index >= 15 is 0 Å². The first-order valence-electron chi connectivity index (χ1n) is 14.2. The van der Waals surface area contributed by atoms with Crippen LogP contribution in [0.2, 0.25) is 0 Å². The highest BCUT2D eigenvalue weighted by Crippen LogP contribution is 2.37. The van der Waals surface area contributed by atoms with E-state index in [4.69, 9.17) is 4.74 Å². The Labute approximate surface area is 246 Å². The molecule has 2 N–H and O–H groups in total. The smallest absolute Gasteiger partial charge is 0.419 e. The van der Waals surface area contributed by atoms with E-state index in [2.05, 4.69) is 38.4 Å². The molecule has 2 aliphatic rings. The summed E-state index contributed by atoms with van der Waals surface area (Å²) in [5.41, 5.74) is -0.183.